The molecule has 0 bridgehead atoms. The number of ether oxygens (including phenoxy) is 3. The molecule has 472 valence electrons. The molecule has 0 radical (unpaired) electrons. The van der Waals surface area contributed by atoms with Gasteiger partial charge in [-0.15, -0.1) is 0 Å². The summed E-state index contributed by atoms with van der Waals surface area (Å²) >= 11 is 0. The Kier molecular flexibility index (Phi) is 66.7. The summed E-state index contributed by atoms with van der Waals surface area (Å²) < 4.78 is 17.0. The maximum Gasteiger partial charge on any atom is 0.306 e. The van der Waals surface area contributed by atoms with Gasteiger partial charge in [0, 0.05) is 19.3 Å². The number of unbranched alkanes of at least 4 members (excludes halogenated alkanes) is 37. The molecule has 0 aromatic heterocycles. The highest BCUT2D eigenvalue weighted by Crippen LogP contribution is 2.17. The van der Waals surface area contributed by atoms with Crippen LogP contribution in [0.4, 0.5) is 0 Å². The maximum absolute atomic E-state index is 13.0. The van der Waals surface area contributed by atoms with Crippen LogP contribution in [0.3, 0.4) is 0 Å². The van der Waals surface area contributed by atoms with Crippen molar-refractivity contribution in [2.75, 3.05) is 13.2 Å². The molecule has 0 aliphatic heterocycles. The number of esters is 3. The van der Waals surface area contributed by atoms with Gasteiger partial charge in [0.15, 0.2) is 6.10 Å². The monoisotopic (exact) mass is 1140 g/mol. The average molecular weight is 1140 g/mol. The minimum Gasteiger partial charge on any atom is -0.462 e. The lowest BCUT2D eigenvalue weighted by atomic mass is 10.0. The molecule has 0 amide bonds. The van der Waals surface area contributed by atoms with Crippen molar-refractivity contribution in [3.63, 3.8) is 0 Å². The number of allylic oxidation sites excluding steroid dienone is 16. The van der Waals surface area contributed by atoms with Crippen LogP contribution in [0.5, 0.6) is 0 Å². The van der Waals surface area contributed by atoms with Gasteiger partial charge in [-0.1, -0.05) is 323 Å². The van der Waals surface area contributed by atoms with Gasteiger partial charge in [-0.2, -0.15) is 0 Å². The Morgan fingerprint density at radius 2 is 0.476 bits per heavy atom. The zero-order chi connectivity index (χ0) is 59.2. The number of carbonyl (C=O) groups excluding carboxylic acids is 3. The van der Waals surface area contributed by atoms with Gasteiger partial charge in [0.05, 0.1) is 0 Å². The molecule has 0 aromatic rings. The summed E-state index contributed by atoms with van der Waals surface area (Å²) in [6.45, 7) is 6.55. The zero-order valence-corrected chi connectivity index (χ0v) is 54.2. The highest BCUT2D eigenvalue weighted by Gasteiger charge is 2.19. The van der Waals surface area contributed by atoms with Crippen molar-refractivity contribution < 1.29 is 28.6 Å². The molecule has 6 heteroatoms. The highest BCUT2D eigenvalue weighted by atomic mass is 16.6. The van der Waals surface area contributed by atoms with Crippen LogP contribution in [0.15, 0.2) is 97.2 Å². The topological polar surface area (TPSA) is 78.9 Å². The summed E-state index contributed by atoms with van der Waals surface area (Å²) in [6.07, 6.45) is 94.2. The van der Waals surface area contributed by atoms with Crippen molar-refractivity contribution in [2.24, 2.45) is 0 Å². The second-order valence-electron chi connectivity index (χ2n) is 23.4. The van der Waals surface area contributed by atoms with Crippen molar-refractivity contribution in [3.8, 4) is 0 Å². The van der Waals surface area contributed by atoms with Gasteiger partial charge < -0.3 is 14.2 Å². The minimum absolute atomic E-state index is 0.0776. The van der Waals surface area contributed by atoms with Crippen LogP contribution in [0.1, 0.15) is 348 Å². The Balaban J connectivity index is 4.33. The van der Waals surface area contributed by atoms with Crippen LogP contribution in [0.25, 0.3) is 0 Å². The Labute approximate surface area is 508 Å². The number of hydrogen-bond acceptors (Lipinski definition) is 6. The smallest absolute Gasteiger partial charge is 0.306 e. The molecular formula is C76H132O6. The van der Waals surface area contributed by atoms with Crippen LogP contribution in [0, 0.1) is 0 Å². The van der Waals surface area contributed by atoms with Gasteiger partial charge in [0.1, 0.15) is 13.2 Å². The molecule has 1 unspecified atom stereocenters. The van der Waals surface area contributed by atoms with E-state index in [1.807, 2.05) is 0 Å². The van der Waals surface area contributed by atoms with Crippen molar-refractivity contribution >= 4 is 17.9 Å². The predicted molar refractivity (Wildman–Crippen MR) is 357 cm³/mol. The molecule has 0 saturated carbocycles. The van der Waals surface area contributed by atoms with Gasteiger partial charge >= 0.3 is 17.9 Å². The number of rotatable bonds is 64. The predicted octanol–water partition coefficient (Wildman–Crippen LogP) is 24.4. The molecule has 0 heterocycles. The van der Waals surface area contributed by atoms with Gasteiger partial charge in [-0.25, -0.2) is 0 Å². The Hall–Kier alpha value is -3.67. The second kappa shape index (κ2) is 69.8. The largest absolute Gasteiger partial charge is 0.462 e. The number of carbonyl (C=O) groups is 3. The first kappa shape index (κ1) is 78.3. The summed E-state index contributed by atoms with van der Waals surface area (Å²) in [6, 6.07) is 0. The summed E-state index contributed by atoms with van der Waals surface area (Å²) in [5.74, 6) is -0.871. The molecule has 82 heavy (non-hydrogen) atoms. The van der Waals surface area contributed by atoms with Gasteiger partial charge in [0.25, 0.3) is 0 Å². The van der Waals surface area contributed by atoms with E-state index in [1.165, 1.54) is 199 Å². The first-order valence-corrected chi connectivity index (χ1v) is 35.2. The summed E-state index contributed by atoms with van der Waals surface area (Å²) in [5, 5.41) is 0. The van der Waals surface area contributed by atoms with Crippen LogP contribution in [0.2, 0.25) is 0 Å². The van der Waals surface area contributed by atoms with E-state index in [1.54, 1.807) is 0 Å². The van der Waals surface area contributed by atoms with Crippen LogP contribution in [-0.4, -0.2) is 37.2 Å². The fraction of sp³-hybridized carbons (Fsp3) is 0.750. The molecule has 0 spiro atoms. The SMILES string of the molecule is CC/C=C\C/C=C\C/C=C\C/C=C\C/C=C\CCCCCCCCCCCC(=O)OCC(COC(=O)CCCCCCCCCCCCCCCC)OC(=O)CCCCCCCCCCCC/C=C\C/C=C\C/C=C\CCCCCCC. The molecule has 0 aliphatic carbocycles. The third kappa shape index (κ3) is 67.1. The molecular weight excluding hydrogens is 1010 g/mol. The Morgan fingerprint density at radius 3 is 0.744 bits per heavy atom. The normalized spacial score (nSPS) is 12.7. The van der Waals surface area contributed by atoms with E-state index in [4.69, 9.17) is 14.2 Å². The van der Waals surface area contributed by atoms with E-state index in [0.717, 1.165) is 109 Å². The maximum atomic E-state index is 13.0. The molecule has 0 aromatic carbocycles. The Bertz CT molecular complexity index is 1590. The average Bonchev–Trinajstić information content (AvgIpc) is 3.47. The zero-order valence-electron chi connectivity index (χ0n) is 54.2. The molecule has 0 aliphatic rings. The number of hydrogen-bond donors (Lipinski definition) is 0. The lowest BCUT2D eigenvalue weighted by molar-refractivity contribution is -0.167. The Morgan fingerprint density at radius 1 is 0.256 bits per heavy atom. The lowest BCUT2D eigenvalue weighted by Crippen LogP contribution is -2.30. The van der Waals surface area contributed by atoms with Crippen molar-refractivity contribution in [3.05, 3.63) is 97.2 Å². The molecule has 0 saturated heterocycles. The summed E-state index contributed by atoms with van der Waals surface area (Å²) in [4.78, 5) is 38.5. The quantitative estimate of drug-likeness (QED) is 0.0261. The van der Waals surface area contributed by atoms with E-state index >= 15 is 0 Å². The lowest BCUT2D eigenvalue weighted by Gasteiger charge is -2.18. The third-order valence-electron chi connectivity index (χ3n) is 15.3. The van der Waals surface area contributed by atoms with E-state index in [9.17, 15) is 14.4 Å². The van der Waals surface area contributed by atoms with Crippen LogP contribution < -0.4 is 0 Å². The molecule has 1 atom stereocenters. The summed E-state index contributed by atoms with van der Waals surface area (Å²) in [7, 11) is 0. The van der Waals surface area contributed by atoms with Crippen LogP contribution in [-0.2, 0) is 28.6 Å². The van der Waals surface area contributed by atoms with E-state index in [-0.39, 0.29) is 31.1 Å². The minimum atomic E-state index is -0.783. The fourth-order valence-electron chi connectivity index (χ4n) is 10.1. The van der Waals surface area contributed by atoms with Gasteiger partial charge in [-0.3, -0.25) is 14.4 Å². The fourth-order valence-corrected chi connectivity index (χ4v) is 10.1. The molecule has 0 fully saturated rings. The molecule has 0 rings (SSSR count). The van der Waals surface area contributed by atoms with Crippen LogP contribution >= 0.6 is 0 Å². The van der Waals surface area contributed by atoms with Crippen molar-refractivity contribution in [1.82, 2.24) is 0 Å². The third-order valence-corrected chi connectivity index (χ3v) is 15.3. The van der Waals surface area contributed by atoms with Gasteiger partial charge in [0.2, 0.25) is 0 Å². The van der Waals surface area contributed by atoms with E-state index in [0.29, 0.717) is 19.3 Å². The van der Waals surface area contributed by atoms with E-state index < -0.39 is 6.10 Å². The highest BCUT2D eigenvalue weighted by molar-refractivity contribution is 5.71. The van der Waals surface area contributed by atoms with Crippen molar-refractivity contribution in [2.45, 2.75) is 354 Å². The second-order valence-corrected chi connectivity index (χ2v) is 23.4. The van der Waals surface area contributed by atoms with E-state index in [2.05, 4.69) is 118 Å². The first-order valence-electron chi connectivity index (χ1n) is 35.2. The standard InChI is InChI=1S/C76H132O6/c1-4-7-10-13-16-19-22-25-28-30-32-34-36-38-40-42-44-46-48-51-54-57-60-63-66-69-75(78)81-72-73(71-80-74(77)68-65-62-59-56-53-50-27-24-21-18-15-12-9-6-3)82-76(79)70-67-64-61-58-55-52-49-47-45-43-41-39-37-35-33-31-29-26-23-20-17-14-11-8-5-2/h7,10,16,19,23,25-26,28,31-34,37-40,73H,4-6,8-9,11-15,17-18,20-22,24,27,29-30,35-36,41-72H2,1-3H3/b10-7-,19-16-,26-23-,28-25-,33-31-,34-32-,39-37-,40-38-. The molecule has 6 nitrogen and oxygen atoms in total. The van der Waals surface area contributed by atoms with Gasteiger partial charge in [-0.05, 0) is 103 Å². The first-order chi connectivity index (χ1) is 40.5. The van der Waals surface area contributed by atoms with Crippen molar-refractivity contribution in [1.29, 1.82) is 0 Å². The summed E-state index contributed by atoms with van der Waals surface area (Å²) in [5.41, 5.74) is 0. The molecule has 0 N–H and O–H groups in total.